The SMILES string of the molecule is CCC(O)CCNC(C)CC(=O)Nc1ccc(OC)cc1. The molecule has 1 rings (SSSR count). The lowest BCUT2D eigenvalue weighted by Gasteiger charge is -2.15. The molecule has 0 saturated carbocycles. The highest BCUT2D eigenvalue weighted by atomic mass is 16.5. The number of ether oxygens (including phenoxy) is 1. The van der Waals surface area contributed by atoms with Gasteiger partial charge >= 0.3 is 0 Å². The van der Waals surface area contributed by atoms with Crippen LogP contribution in [0.25, 0.3) is 0 Å². The number of rotatable bonds is 9. The van der Waals surface area contributed by atoms with E-state index < -0.39 is 0 Å². The zero-order valence-corrected chi connectivity index (χ0v) is 13.1. The smallest absolute Gasteiger partial charge is 0.225 e. The molecule has 0 fully saturated rings. The Hall–Kier alpha value is -1.59. The molecular formula is C16H26N2O3. The van der Waals surface area contributed by atoms with Gasteiger partial charge in [-0.3, -0.25) is 4.79 Å². The minimum atomic E-state index is -0.266. The van der Waals surface area contributed by atoms with E-state index in [0.717, 1.165) is 17.9 Å². The van der Waals surface area contributed by atoms with Crippen LogP contribution in [0.2, 0.25) is 0 Å². The molecule has 0 radical (unpaired) electrons. The molecule has 0 bridgehead atoms. The van der Waals surface area contributed by atoms with Gasteiger partial charge < -0.3 is 20.5 Å². The van der Waals surface area contributed by atoms with Gasteiger partial charge in [0.25, 0.3) is 0 Å². The lowest BCUT2D eigenvalue weighted by Crippen LogP contribution is -2.32. The second-order valence-corrected chi connectivity index (χ2v) is 5.19. The molecule has 21 heavy (non-hydrogen) atoms. The van der Waals surface area contributed by atoms with Crippen LogP contribution in [0, 0.1) is 0 Å². The first kappa shape index (κ1) is 17.5. The van der Waals surface area contributed by atoms with Crippen LogP contribution in [0.3, 0.4) is 0 Å². The molecule has 5 nitrogen and oxygen atoms in total. The maximum atomic E-state index is 11.9. The molecular weight excluding hydrogens is 268 g/mol. The van der Waals surface area contributed by atoms with E-state index in [2.05, 4.69) is 10.6 Å². The maximum absolute atomic E-state index is 11.9. The van der Waals surface area contributed by atoms with Crippen molar-refractivity contribution in [3.8, 4) is 5.75 Å². The zero-order chi connectivity index (χ0) is 15.7. The van der Waals surface area contributed by atoms with E-state index in [-0.39, 0.29) is 18.1 Å². The van der Waals surface area contributed by atoms with Crippen molar-refractivity contribution in [2.75, 3.05) is 19.0 Å². The summed E-state index contributed by atoms with van der Waals surface area (Å²) < 4.78 is 5.07. The molecule has 2 unspecified atom stereocenters. The third-order valence-corrected chi connectivity index (χ3v) is 3.31. The third-order valence-electron chi connectivity index (χ3n) is 3.31. The van der Waals surface area contributed by atoms with E-state index in [1.807, 2.05) is 38.1 Å². The maximum Gasteiger partial charge on any atom is 0.225 e. The van der Waals surface area contributed by atoms with Crippen molar-refractivity contribution in [3.05, 3.63) is 24.3 Å². The van der Waals surface area contributed by atoms with Crippen LogP contribution in [0.15, 0.2) is 24.3 Å². The average molecular weight is 294 g/mol. The number of anilines is 1. The number of carbonyl (C=O) groups is 1. The Morgan fingerprint density at radius 2 is 2.00 bits per heavy atom. The van der Waals surface area contributed by atoms with Crippen molar-refractivity contribution < 1.29 is 14.6 Å². The number of benzene rings is 1. The van der Waals surface area contributed by atoms with Gasteiger partial charge in [0, 0.05) is 18.2 Å². The summed E-state index contributed by atoms with van der Waals surface area (Å²) in [7, 11) is 1.61. The average Bonchev–Trinajstić information content (AvgIpc) is 2.47. The van der Waals surface area contributed by atoms with Gasteiger partial charge in [-0.15, -0.1) is 0 Å². The summed E-state index contributed by atoms with van der Waals surface area (Å²) in [4.78, 5) is 11.9. The van der Waals surface area contributed by atoms with Gasteiger partial charge in [0.05, 0.1) is 13.2 Å². The lowest BCUT2D eigenvalue weighted by molar-refractivity contribution is -0.116. The van der Waals surface area contributed by atoms with Crippen molar-refractivity contribution in [2.24, 2.45) is 0 Å². The van der Waals surface area contributed by atoms with Crippen molar-refractivity contribution in [2.45, 2.75) is 45.3 Å². The Morgan fingerprint density at radius 1 is 1.33 bits per heavy atom. The molecule has 1 amide bonds. The topological polar surface area (TPSA) is 70.6 Å². The van der Waals surface area contributed by atoms with E-state index >= 15 is 0 Å². The standard InChI is InChI=1S/C16H26N2O3/c1-4-14(19)9-10-17-12(2)11-16(20)18-13-5-7-15(21-3)8-6-13/h5-8,12,14,17,19H,4,9-11H2,1-3H3,(H,18,20). The van der Waals surface area contributed by atoms with Crippen LogP contribution in [-0.2, 0) is 4.79 Å². The first-order valence-electron chi connectivity index (χ1n) is 7.40. The van der Waals surface area contributed by atoms with Crippen LogP contribution in [-0.4, -0.2) is 36.8 Å². The number of aliphatic hydroxyl groups is 1. The summed E-state index contributed by atoms with van der Waals surface area (Å²) in [5, 5.41) is 15.6. The molecule has 0 saturated heterocycles. The van der Waals surface area contributed by atoms with Crippen LogP contribution >= 0.6 is 0 Å². The Morgan fingerprint density at radius 3 is 2.57 bits per heavy atom. The van der Waals surface area contributed by atoms with Crippen LogP contribution in [0.4, 0.5) is 5.69 Å². The van der Waals surface area contributed by atoms with Crippen molar-refractivity contribution in [1.29, 1.82) is 0 Å². The first-order valence-corrected chi connectivity index (χ1v) is 7.40. The number of nitrogens with one attached hydrogen (secondary N) is 2. The number of aliphatic hydroxyl groups excluding tert-OH is 1. The van der Waals surface area contributed by atoms with Crippen LogP contribution in [0.5, 0.6) is 5.75 Å². The van der Waals surface area contributed by atoms with Gasteiger partial charge in [-0.25, -0.2) is 0 Å². The Bertz CT molecular complexity index is 420. The van der Waals surface area contributed by atoms with Crippen molar-refractivity contribution in [3.63, 3.8) is 0 Å². The second-order valence-electron chi connectivity index (χ2n) is 5.19. The number of carbonyl (C=O) groups excluding carboxylic acids is 1. The molecule has 5 heteroatoms. The molecule has 0 spiro atoms. The second kappa shape index (κ2) is 9.37. The summed E-state index contributed by atoms with van der Waals surface area (Å²) >= 11 is 0. The Kier molecular flexibility index (Phi) is 7.79. The fourth-order valence-electron chi connectivity index (χ4n) is 1.94. The monoisotopic (exact) mass is 294 g/mol. The number of amides is 1. The highest BCUT2D eigenvalue weighted by molar-refractivity contribution is 5.91. The molecule has 1 aromatic rings. The van der Waals surface area contributed by atoms with E-state index in [0.29, 0.717) is 19.4 Å². The van der Waals surface area contributed by atoms with Gasteiger partial charge in [0.15, 0.2) is 0 Å². The van der Waals surface area contributed by atoms with E-state index in [9.17, 15) is 9.90 Å². The lowest BCUT2D eigenvalue weighted by atomic mass is 10.1. The van der Waals surface area contributed by atoms with Gasteiger partial charge in [-0.05, 0) is 50.6 Å². The van der Waals surface area contributed by atoms with E-state index in [1.54, 1.807) is 7.11 Å². The zero-order valence-electron chi connectivity index (χ0n) is 13.1. The molecule has 2 atom stereocenters. The molecule has 0 aliphatic rings. The largest absolute Gasteiger partial charge is 0.497 e. The number of methoxy groups -OCH3 is 1. The number of hydrogen-bond acceptors (Lipinski definition) is 4. The van der Waals surface area contributed by atoms with E-state index in [1.165, 1.54) is 0 Å². The highest BCUT2D eigenvalue weighted by Crippen LogP contribution is 2.15. The summed E-state index contributed by atoms with van der Waals surface area (Å²) in [6.45, 7) is 4.63. The summed E-state index contributed by atoms with van der Waals surface area (Å²) in [5.74, 6) is 0.730. The molecule has 0 aliphatic heterocycles. The summed E-state index contributed by atoms with van der Waals surface area (Å²) in [6, 6.07) is 7.32. The molecule has 0 heterocycles. The van der Waals surface area contributed by atoms with E-state index in [4.69, 9.17) is 4.74 Å². The van der Waals surface area contributed by atoms with Crippen LogP contribution in [0.1, 0.15) is 33.1 Å². The van der Waals surface area contributed by atoms with Gasteiger partial charge in [0.1, 0.15) is 5.75 Å². The van der Waals surface area contributed by atoms with Crippen LogP contribution < -0.4 is 15.4 Å². The fourth-order valence-corrected chi connectivity index (χ4v) is 1.94. The highest BCUT2D eigenvalue weighted by Gasteiger charge is 2.09. The Labute approximate surface area is 126 Å². The van der Waals surface area contributed by atoms with Gasteiger partial charge in [-0.1, -0.05) is 6.92 Å². The minimum Gasteiger partial charge on any atom is -0.497 e. The molecule has 3 N–H and O–H groups in total. The van der Waals surface area contributed by atoms with Crippen molar-refractivity contribution >= 4 is 11.6 Å². The quantitative estimate of drug-likeness (QED) is 0.653. The summed E-state index contributed by atoms with van der Waals surface area (Å²) in [6.07, 6.45) is 1.60. The number of hydrogen-bond donors (Lipinski definition) is 3. The normalized spacial score (nSPS) is 13.5. The third kappa shape index (κ3) is 7.11. The minimum absolute atomic E-state index is 0.0313. The molecule has 118 valence electrons. The molecule has 0 aliphatic carbocycles. The predicted molar refractivity (Wildman–Crippen MR) is 84.6 cm³/mol. The predicted octanol–water partition coefficient (Wildman–Crippen LogP) is 2.16. The molecule has 1 aromatic carbocycles. The Balaban J connectivity index is 2.28. The fraction of sp³-hybridized carbons (Fsp3) is 0.562. The summed E-state index contributed by atoms with van der Waals surface area (Å²) in [5.41, 5.74) is 0.759. The van der Waals surface area contributed by atoms with Gasteiger partial charge in [-0.2, -0.15) is 0 Å². The van der Waals surface area contributed by atoms with Gasteiger partial charge in [0.2, 0.25) is 5.91 Å². The van der Waals surface area contributed by atoms with Crippen molar-refractivity contribution in [1.82, 2.24) is 5.32 Å². The first-order chi connectivity index (χ1) is 10.0. The molecule has 0 aromatic heterocycles.